The van der Waals surface area contributed by atoms with E-state index in [1.807, 2.05) is 0 Å². The molecule has 0 heterocycles. The Morgan fingerprint density at radius 2 is 1.55 bits per heavy atom. The van der Waals surface area contributed by atoms with Gasteiger partial charge < -0.3 is 9.05 Å². The summed E-state index contributed by atoms with van der Waals surface area (Å²) < 4.78 is 21.2. The Kier molecular flexibility index (Phi) is 3.98. The van der Waals surface area contributed by atoms with Crippen LogP contribution in [0, 0.1) is 0 Å². The summed E-state index contributed by atoms with van der Waals surface area (Å²) in [5, 5.41) is 0. The summed E-state index contributed by atoms with van der Waals surface area (Å²) in [6.45, 7) is 6.41. The Balaban J connectivity index is 4.21. The van der Waals surface area contributed by atoms with Crippen molar-refractivity contribution in [1.29, 1.82) is 0 Å². The maximum atomic E-state index is 11.6. The summed E-state index contributed by atoms with van der Waals surface area (Å²) in [6, 6.07) is 0. The van der Waals surface area contributed by atoms with E-state index in [2.05, 4.69) is 19.6 Å². The topological polar surface area (TPSA) is 35.5 Å². The molecule has 0 rings (SSSR count). The molecule has 0 aliphatic rings. The summed E-state index contributed by atoms with van der Waals surface area (Å²) in [6.07, 6.45) is 0. The molecule has 0 N–H and O–H groups in total. The summed E-state index contributed by atoms with van der Waals surface area (Å²) >= 11 is 0. The van der Waals surface area contributed by atoms with Crippen LogP contribution in [-0.4, -0.2) is 28.1 Å². The van der Waals surface area contributed by atoms with E-state index in [0.717, 1.165) is 0 Å². The fraction of sp³-hybridized carbons (Fsp3) is 1.00. The van der Waals surface area contributed by atoms with Gasteiger partial charge in [-0.15, -0.1) is 0 Å². The molecule has 0 saturated carbocycles. The fourth-order valence-electron chi connectivity index (χ4n) is 0.785. The minimum atomic E-state index is -2.74. The molecule has 3 nitrogen and oxygen atoms in total. The average molecular weight is 196 g/mol. The van der Waals surface area contributed by atoms with E-state index in [1.165, 1.54) is 14.2 Å². The highest BCUT2D eigenvalue weighted by Crippen LogP contribution is 2.48. The molecule has 0 spiro atoms. The summed E-state index contributed by atoms with van der Waals surface area (Å²) in [5.41, 5.74) is 0. The molecule has 0 aromatic rings. The molecule has 5 heteroatoms. The first-order valence-electron chi connectivity index (χ1n) is 3.53. The maximum absolute atomic E-state index is 11.6. The van der Waals surface area contributed by atoms with Gasteiger partial charge >= 0.3 is 7.60 Å². The Morgan fingerprint density at radius 3 is 1.64 bits per heavy atom. The van der Waals surface area contributed by atoms with Crippen LogP contribution in [0.15, 0.2) is 0 Å². The predicted molar refractivity (Wildman–Crippen MR) is 49.8 cm³/mol. The van der Waals surface area contributed by atoms with Crippen molar-refractivity contribution >= 4 is 15.7 Å². The summed E-state index contributed by atoms with van der Waals surface area (Å²) in [5.74, 6) is 0.590. The Hall–Kier alpha value is 0.367. The molecule has 68 valence electrons. The average Bonchev–Trinajstić information content (AvgIpc) is 1.84. The van der Waals surface area contributed by atoms with Gasteiger partial charge in [0.25, 0.3) is 0 Å². The summed E-state index contributed by atoms with van der Waals surface area (Å²) in [4.78, 5) is 0. The van der Waals surface area contributed by atoms with Crippen LogP contribution in [-0.2, 0) is 13.6 Å². The highest BCUT2D eigenvalue weighted by atomic mass is 31.2. The van der Waals surface area contributed by atoms with E-state index in [1.54, 1.807) is 0 Å². The van der Waals surface area contributed by atoms with Crippen LogP contribution in [0.3, 0.4) is 0 Å². The SMILES string of the molecule is COP(=O)(C[Si](C)(C)C)OC. The van der Waals surface area contributed by atoms with E-state index in [9.17, 15) is 4.57 Å². The minimum Gasteiger partial charge on any atom is -0.312 e. The van der Waals surface area contributed by atoms with Gasteiger partial charge in [-0.25, -0.2) is 0 Å². The van der Waals surface area contributed by atoms with Crippen molar-refractivity contribution in [1.82, 2.24) is 0 Å². The van der Waals surface area contributed by atoms with Crippen LogP contribution in [0.5, 0.6) is 0 Å². The van der Waals surface area contributed by atoms with Gasteiger partial charge in [0.05, 0.1) is 8.07 Å². The monoisotopic (exact) mass is 196 g/mol. The van der Waals surface area contributed by atoms with Gasteiger partial charge in [0.2, 0.25) is 0 Å². The number of hydrogen-bond acceptors (Lipinski definition) is 3. The third kappa shape index (κ3) is 4.75. The van der Waals surface area contributed by atoms with Gasteiger partial charge in [-0.2, -0.15) is 0 Å². The predicted octanol–water partition coefficient (Wildman–Crippen LogP) is 2.35. The van der Waals surface area contributed by atoms with Crippen LogP contribution in [0.25, 0.3) is 0 Å². The van der Waals surface area contributed by atoms with Crippen molar-refractivity contribution in [2.24, 2.45) is 0 Å². The van der Waals surface area contributed by atoms with Gasteiger partial charge in [-0.1, -0.05) is 19.6 Å². The molecule has 0 atom stereocenters. The molecule has 11 heavy (non-hydrogen) atoms. The first kappa shape index (κ1) is 11.4. The zero-order valence-corrected chi connectivity index (χ0v) is 9.77. The van der Waals surface area contributed by atoms with E-state index in [0.29, 0.717) is 5.79 Å². The molecule has 0 amide bonds. The quantitative estimate of drug-likeness (QED) is 0.511. The lowest BCUT2D eigenvalue weighted by atomic mass is 11.7. The fourth-order valence-corrected chi connectivity index (χ4v) is 6.61. The van der Waals surface area contributed by atoms with Crippen LogP contribution >= 0.6 is 7.60 Å². The third-order valence-electron chi connectivity index (χ3n) is 1.22. The van der Waals surface area contributed by atoms with Gasteiger partial charge in [0.1, 0.15) is 0 Å². The maximum Gasteiger partial charge on any atom is 0.327 e. The number of hydrogen-bond donors (Lipinski definition) is 0. The highest BCUT2D eigenvalue weighted by Gasteiger charge is 2.29. The lowest BCUT2D eigenvalue weighted by molar-refractivity contribution is 0.280. The van der Waals surface area contributed by atoms with Crippen molar-refractivity contribution in [3.05, 3.63) is 0 Å². The van der Waals surface area contributed by atoms with Crippen molar-refractivity contribution in [3.8, 4) is 0 Å². The van der Waals surface area contributed by atoms with Gasteiger partial charge in [0.15, 0.2) is 0 Å². The second-order valence-electron chi connectivity index (χ2n) is 3.69. The largest absolute Gasteiger partial charge is 0.327 e. The zero-order chi connectivity index (χ0) is 9.12. The normalized spacial score (nSPS) is 13.5. The van der Waals surface area contributed by atoms with E-state index < -0.39 is 15.7 Å². The second-order valence-corrected chi connectivity index (χ2v) is 12.0. The first-order valence-corrected chi connectivity index (χ1v) is 8.97. The van der Waals surface area contributed by atoms with Gasteiger partial charge in [0, 0.05) is 20.0 Å². The molecule has 0 aliphatic heterocycles. The molecule has 0 aromatic carbocycles. The van der Waals surface area contributed by atoms with E-state index in [4.69, 9.17) is 9.05 Å². The van der Waals surface area contributed by atoms with Crippen molar-refractivity contribution in [2.45, 2.75) is 19.6 Å². The Labute approximate surface area is 69.6 Å². The highest BCUT2D eigenvalue weighted by molar-refractivity contribution is 7.56. The van der Waals surface area contributed by atoms with Crippen LogP contribution in [0.4, 0.5) is 0 Å². The van der Waals surface area contributed by atoms with Crippen molar-refractivity contribution in [2.75, 3.05) is 20.0 Å². The van der Waals surface area contributed by atoms with Crippen molar-refractivity contribution in [3.63, 3.8) is 0 Å². The molecule has 0 aromatic heterocycles. The lowest BCUT2D eigenvalue weighted by Gasteiger charge is -2.21. The van der Waals surface area contributed by atoms with Gasteiger partial charge in [-0.3, -0.25) is 4.57 Å². The van der Waals surface area contributed by atoms with E-state index >= 15 is 0 Å². The zero-order valence-electron chi connectivity index (χ0n) is 7.88. The first-order chi connectivity index (χ1) is 4.83. The lowest BCUT2D eigenvalue weighted by Crippen LogP contribution is -2.26. The summed E-state index contributed by atoms with van der Waals surface area (Å²) in [7, 11) is -1.22. The van der Waals surface area contributed by atoms with Gasteiger partial charge in [-0.05, 0) is 0 Å². The smallest absolute Gasteiger partial charge is 0.312 e. The van der Waals surface area contributed by atoms with E-state index in [-0.39, 0.29) is 0 Å². The molecule has 0 radical (unpaired) electrons. The van der Waals surface area contributed by atoms with Crippen LogP contribution < -0.4 is 0 Å². The Bertz CT molecular complexity index is 156. The molecular weight excluding hydrogens is 179 g/mol. The Morgan fingerprint density at radius 1 is 1.18 bits per heavy atom. The van der Waals surface area contributed by atoms with Crippen LogP contribution in [0.2, 0.25) is 19.6 Å². The van der Waals surface area contributed by atoms with Crippen molar-refractivity contribution < 1.29 is 13.6 Å². The molecule has 0 fully saturated rings. The third-order valence-corrected chi connectivity index (χ3v) is 7.68. The standard InChI is InChI=1S/C6H17O3PSi/c1-8-10(7,9-2)6-11(3,4)5/h6H2,1-5H3. The van der Waals surface area contributed by atoms with Crippen LogP contribution in [0.1, 0.15) is 0 Å². The molecular formula is C6H17O3PSi. The number of rotatable bonds is 4. The molecule has 0 unspecified atom stereocenters. The minimum absolute atomic E-state index is 0.590. The molecule has 0 aliphatic carbocycles. The second kappa shape index (κ2) is 3.85. The molecule has 0 bridgehead atoms. The molecule has 0 saturated heterocycles.